The quantitative estimate of drug-likeness (QED) is 0.137. The predicted molar refractivity (Wildman–Crippen MR) is 212 cm³/mol. The molecule has 0 unspecified atom stereocenters. The van der Waals surface area contributed by atoms with E-state index in [0.29, 0.717) is 29.6 Å². The van der Waals surface area contributed by atoms with Gasteiger partial charge in [-0.05, 0) is 92.5 Å². The van der Waals surface area contributed by atoms with Gasteiger partial charge in [0, 0.05) is 27.9 Å². The zero-order chi connectivity index (χ0) is 36.6. The highest BCUT2D eigenvalue weighted by atomic mass is 32.1. The van der Waals surface area contributed by atoms with Crippen LogP contribution in [0.1, 0.15) is 54.8 Å². The molecule has 260 valence electrons. The Labute approximate surface area is 312 Å². The molecule has 7 heteroatoms. The molecule has 0 atom stereocenters. The fraction of sp³-hybridized carbons (Fsp3) is 0.174. The normalized spacial score (nSPS) is 15.5. The van der Waals surface area contributed by atoms with Gasteiger partial charge in [0.25, 0.3) is 0 Å². The van der Waals surface area contributed by atoms with Gasteiger partial charge in [0.15, 0.2) is 11.5 Å². The standard InChI is InChI=1S/C46H36N2O4S/c1-45(2)36-11-7-5-9-32(36)34-19-17-30(24-38(34)45)48(31-18-20-35-33-10-6-8-12-37(33)46(3,4)39(35)25-31)29-15-13-27(14-16-29)43-42-41(51-21-22-52-42)40(53-43)23-28(26-47)44(49)50/h5-20,23-25H,21-22H2,1-4H3,(H,49,50)/b28-23-. The van der Waals surface area contributed by atoms with Crippen LogP contribution in [-0.2, 0) is 15.6 Å². The molecule has 2 heterocycles. The van der Waals surface area contributed by atoms with Crippen LogP contribution >= 0.6 is 11.3 Å². The lowest BCUT2D eigenvalue weighted by Crippen LogP contribution is -2.18. The second-order valence-electron chi connectivity index (χ2n) is 14.8. The second-order valence-corrected chi connectivity index (χ2v) is 15.9. The van der Waals surface area contributed by atoms with E-state index in [1.54, 1.807) is 6.07 Å². The summed E-state index contributed by atoms with van der Waals surface area (Å²) in [5.74, 6) is -0.241. The summed E-state index contributed by atoms with van der Waals surface area (Å²) in [5.41, 5.74) is 13.8. The molecule has 0 bridgehead atoms. The number of benzene rings is 5. The van der Waals surface area contributed by atoms with Gasteiger partial charge in [-0.25, -0.2) is 4.79 Å². The molecule has 9 rings (SSSR count). The molecule has 5 aromatic carbocycles. The number of ether oxygens (including phenoxy) is 2. The Kier molecular flexibility index (Phi) is 7.41. The first kappa shape index (κ1) is 32.8. The van der Waals surface area contributed by atoms with Gasteiger partial charge in [0.2, 0.25) is 0 Å². The Bertz CT molecular complexity index is 2460. The largest absolute Gasteiger partial charge is 0.485 e. The predicted octanol–water partition coefficient (Wildman–Crippen LogP) is 11.3. The molecule has 0 saturated heterocycles. The molecule has 1 aromatic heterocycles. The number of nitriles is 1. The monoisotopic (exact) mass is 712 g/mol. The van der Waals surface area contributed by atoms with Gasteiger partial charge in [0.1, 0.15) is 24.9 Å². The molecule has 1 aliphatic heterocycles. The van der Waals surface area contributed by atoms with Gasteiger partial charge in [-0.2, -0.15) is 5.26 Å². The maximum Gasteiger partial charge on any atom is 0.346 e. The van der Waals surface area contributed by atoms with Gasteiger partial charge < -0.3 is 19.5 Å². The van der Waals surface area contributed by atoms with E-state index in [4.69, 9.17) is 9.47 Å². The molecule has 1 N–H and O–H groups in total. The number of carbonyl (C=O) groups is 1. The molecule has 0 fully saturated rings. The molecule has 6 aromatic rings. The minimum Gasteiger partial charge on any atom is -0.485 e. The Hall–Kier alpha value is -6.10. The fourth-order valence-corrected chi connectivity index (χ4v) is 9.54. The first-order valence-electron chi connectivity index (χ1n) is 17.7. The zero-order valence-electron chi connectivity index (χ0n) is 29.9. The molecular formula is C46H36N2O4S. The summed E-state index contributed by atoms with van der Waals surface area (Å²) in [6.45, 7) is 9.96. The Balaban J connectivity index is 1.18. The number of aliphatic carboxylic acids is 1. The average molecular weight is 713 g/mol. The van der Waals surface area contributed by atoms with E-state index in [1.165, 1.54) is 61.9 Å². The van der Waals surface area contributed by atoms with E-state index in [2.05, 4.69) is 142 Å². The third kappa shape index (κ3) is 5.01. The number of carboxylic acid groups (broad SMARTS) is 1. The van der Waals surface area contributed by atoms with Crippen LogP contribution in [-0.4, -0.2) is 24.3 Å². The number of rotatable bonds is 6. The molecule has 0 saturated carbocycles. The molecular weight excluding hydrogens is 677 g/mol. The minimum atomic E-state index is -1.28. The van der Waals surface area contributed by atoms with Crippen molar-refractivity contribution in [3.63, 3.8) is 0 Å². The molecule has 0 radical (unpaired) electrons. The van der Waals surface area contributed by atoms with Crippen LogP contribution in [0.15, 0.2) is 115 Å². The van der Waals surface area contributed by atoms with Crippen LogP contribution in [0.3, 0.4) is 0 Å². The Morgan fingerprint density at radius 1 is 0.698 bits per heavy atom. The highest BCUT2D eigenvalue weighted by Gasteiger charge is 2.38. The van der Waals surface area contributed by atoms with E-state index in [1.807, 2.05) is 0 Å². The smallest absolute Gasteiger partial charge is 0.346 e. The summed E-state index contributed by atoms with van der Waals surface area (Å²) in [7, 11) is 0. The lowest BCUT2D eigenvalue weighted by Gasteiger charge is -2.30. The zero-order valence-corrected chi connectivity index (χ0v) is 30.7. The van der Waals surface area contributed by atoms with Crippen molar-refractivity contribution in [2.24, 2.45) is 0 Å². The highest BCUT2D eigenvalue weighted by molar-refractivity contribution is 7.17. The summed E-state index contributed by atoms with van der Waals surface area (Å²) in [4.78, 5) is 15.4. The lowest BCUT2D eigenvalue weighted by atomic mass is 9.82. The van der Waals surface area contributed by atoms with E-state index < -0.39 is 5.97 Å². The van der Waals surface area contributed by atoms with Gasteiger partial charge >= 0.3 is 5.97 Å². The number of thiophene rings is 1. The van der Waals surface area contributed by atoms with Crippen LogP contribution in [0.5, 0.6) is 11.5 Å². The van der Waals surface area contributed by atoms with Crippen LogP contribution in [0.2, 0.25) is 0 Å². The number of hydrogen-bond donors (Lipinski definition) is 1. The van der Waals surface area contributed by atoms with E-state index in [0.717, 1.165) is 27.5 Å². The van der Waals surface area contributed by atoms with E-state index in [-0.39, 0.29) is 16.4 Å². The second kappa shape index (κ2) is 12.0. The summed E-state index contributed by atoms with van der Waals surface area (Å²) >= 11 is 1.36. The molecule has 0 amide bonds. The van der Waals surface area contributed by atoms with Crippen molar-refractivity contribution in [1.29, 1.82) is 5.26 Å². The molecule has 6 nitrogen and oxygen atoms in total. The summed E-state index contributed by atoms with van der Waals surface area (Å²) in [6, 6.07) is 41.3. The van der Waals surface area contributed by atoms with Crippen molar-refractivity contribution in [3.05, 3.63) is 142 Å². The number of fused-ring (bicyclic) bond motifs is 7. The van der Waals surface area contributed by atoms with Crippen molar-refractivity contribution in [2.75, 3.05) is 18.1 Å². The Morgan fingerprint density at radius 2 is 1.19 bits per heavy atom. The number of nitrogens with zero attached hydrogens (tertiary/aromatic N) is 2. The van der Waals surface area contributed by atoms with Crippen LogP contribution < -0.4 is 14.4 Å². The fourth-order valence-electron chi connectivity index (χ4n) is 8.40. The maximum absolute atomic E-state index is 11.7. The average Bonchev–Trinajstić information content (AvgIpc) is 3.74. The van der Waals surface area contributed by atoms with Crippen LogP contribution in [0, 0.1) is 11.3 Å². The number of anilines is 3. The maximum atomic E-state index is 11.7. The first-order valence-corrected chi connectivity index (χ1v) is 18.6. The lowest BCUT2D eigenvalue weighted by molar-refractivity contribution is -0.132. The third-order valence-electron chi connectivity index (χ3n) is 11.1. The first-order chi connectivity index (χ1) is 25.6. The number of hydrogen-bond acceptors (Lipinski definition) is 6. The van der Waals surface area contributed by atoms with E-state index >= 15 is 0 Å². The van der Waals surface area contributed by atoms with Gasteiger partial charge in [-0.1, -0.05) is 100 Å². The van der Waals surface area contributed by atoms with Gasteiger partial charge in [-0.3, -0.25) is 0 Å². The molecule has 53 heavy (non-hydrogen) atoms. The van der Waals surface area contributed by atoms with Gasteiger partial charge in [0.05, 0.1) is 9.75 Å². The number of carboxylic acids is 1. The highest BCUT2D eigenvalue weighted by Crippen LogP contribution is 2.54. The third-order valence-corrected chi connectivity index (χ3v) is 12.2. The SMILES string of the molecule is CC1(C)c2ccccc2-c2ccc(N(c3ccc(-c4sc(/C=C(/C#N)C(=O)O)c5c4OCCO5)cc3)c3ccc4c(c3)C(C)(C)c3ccccc3-4)cc21. The van der Waals surface area contributed by atoms with E-state index in [9.17, 15) is 15.2 Å². The van der Waals surface area contributed by atoms with Crippen molar-refractivity contribution < 1.29 is 19.4 Å². The van der Waals surface area contributed by atoms with Crippen molar-refractivity contribution in [2.45, 2.75) is 38.5 Å². The van der Waals surface area contributed by atoms with Crippen molar-refractivity contribution in [3.8, 4) is 50.3 Å². The van der Waals surface area contributed by atoms with Crippen LogP contribution in [0.25, 0.3) is 38.8 Å². The van der Waals surface area contributed by atoms with Crippen molar-refractivity contribution in [1.82, 2.24) is 0 Å². The molecule has 3 aliphatic rings. The Morgan fingerprint density at radius 3 is 1.72 bits per heavy atom. The van der Waals surface area contributed by atoms with Gasteiger partial charge in [-0.15, -0.1) is 11.3 Å². The van der Waals surface area contributed by atoms with Crippen molar-refractivity contribution >= 4 is 40.4 Å². The minimum absolute atomic E-state index is 0.155. The topological polar surface area (TPSA) is 82.8 Å². The summed E-state index contributed by atoms with van der Waals surface area (Å²) < 4.78 is 12.0. The summed E-state index contributed by atoms with van der Waals surface area (Å²) in [6.07, 6.45) is 1.36. The summed E-state index contributed by atoms with van der Waals surface area (Å²) in [5, 5.41) is 19.0. The van der Waals surface area contributed by atoms with Crippen LogP contribution in [0.4, 0.5) is 17.1 Å². The molecule has 2 aliphatic carbocycles. The molecule has 0 spiro atoms.